The first-order valence-corrected chi connectivity index (χ1v) is 12.3. The quantitative estimate of drug-likeness (QED) is 0.308. The predicted molar refractivity (Wildman–Crippen MR) is 158 cm³/mol. The van der Waals surface area contributed by atoms with E-state index in [0.717, 1.165) is 20.0 Å². The second kappa shape index (κ2) is 42.0. The molecule has 0 unspecified atom stereocenters. The summed E-state index contributed by atoms with van der Waals surface area (Å²) in [4.78, 5) is 13.2. The molecule has 0 aliphatic carbocycles. The summed E-state index contributed by atoms with van der Waals surface area (Å²) in [5.41, 5.74) is 2.53. The molecule has 1 heterocycles. The van der Waals surface area contributed by atoms with Gasteiger partial charge in [0.05, 0.1) is 0 Å². The van der Waals surface area contributed by atoms with E-state index in [0.29, 0.717) is 0 Å². The van der Waals surface area contributed by atoms with Gasteiger partial charge in [0.2, 0.25) is 0 Å². The maximum absolute atomic E-state index is 9.44. The van der Waals surface area contributed by atoms with Crippen molar-refractivity contribution in [3.8, 4) is 5.75 Å². The van der Waals surface area contributed by atoms with Crippen molar-refractivity contribution in [2.24, 2.45) is 0 Å². The van der Waals surface area contributed by atoms with Crippen LogP contribution in [0.4, 0.5) is 0 Å². The number of benzene rings is 2. The minimum atomic E-state index is 0. The van der Waals surface area contributed by atoms with Crippen LogP contribution >= 0.6 is 0 Å². The van der Waals surface area contributed by atoms with E-state index < -0.39 is 0 Å². The maximum Gasteiger partial charge on any atom is 0.126 e. The van der Waals surface area contributed by atoms with E-state index in [9.17, 15) is 4.79 Å². The van der Waals surface area contributed by atoms with Crippen LogP contribution in [0.3, 0.4) is 0 Å². The number of carbonyl (C=O) groups excluding carboxylic acids is 1. The first kappa shape index (κ1) is 48.9. The smallest absolute Gasteiger partial charge is 0.126 e. The molecule has 0 aliphatic heterocycles. The van der Waals surface area contributed by atoms with E-state index in [4.69, 9.17) is 14.9 Å². The zero-order valence-corrected chi connectivity index (χ0v) is 28.9. The molecule has 0 saturated heterocycles. The molecule has 0 saturated carbocycles. The fourth-order valence-electron chi connectivity index (χ4n) is 1.54. The van der Waals surface area contributed by atoms with Crippen LogP contribution in [0.2, 0.25) is 0 Å². The summed E-state index contributed by atoms with van der Waals surface area (Å²) in [6.07, 6.45) is 3.02. The zero-order chi connectivity index (χ0) is 30.1. The van der Waals surface area contributed by atoms with Crippen LogP contribution in [-0.4, -0.2) is 45.0 Å². The molecule has 1 aromatic heterocycles. The van der Waals surface area contributed by atoms with Crippen molar-refractivity contribution in [2.75, 3.05) is 14.2 Å². The Balaban J connectivity index is -0.0000000911. The second-order valence-electron chi connectivity index (χ2n) is 6.97. The summed E-state index contributed by atoms with van der Waals surface area (Å²) in [5, 5.41) is 17.9. The molecule has 7 nitrogen and oxygen atoms in total. The Morgan fingerprint density at radius 3 is 1.47 bits per heavy atom. The van der Waals surface area contributed by atoms with Crippen molar-refractivity contribution in [3.63, 3.8) is 0 Å². The number of hydrogen-bond acceptors (Lipinski definition) is 6. The van der Waals surface area contributed by atoms with Crippen LogP contribution in [0, 0.1) is 26.5 Å². The third-order valence-electron chi connectivity index (χ3n) is 2.69. The van der Waals surface area contributed by atoms with Gasteiger partial charge in [-0.25, -0.2) is 0 Å². The van der Waals surface area contributed by atoms with Crippen LogP contribution in [0.25, 0.3) is 0 Å². The monoisotopic (exact) mass is 608 g/mol. The van der Waals surface area contributed by atoms with Gasteiger partial charge in [-0.05, 0) is 46.2 Å². The Morgan fingerprint density at radius 2 is 1.18 bits per heavy atom. The first-order chi connectivity index (χ1) is 17.7. The van der Waals surface area contributed by atoms with Crippen LogP contribution in [0.1, 0.15) is 73.4 Å². The van der Waals surface area contributed by atoms with E-state index in [1.807, 2.05) is 77.1 Å². The minimum Gasteiger partial charge on any atom is -0.534 e. The molecule has 0 bridgehead atoms. The van der Waals surface area contributed by atoms with E-state index in [2.05, 4.69) is 49.9 Å². The number of rotatable bonds is 3. The molecule has 38 heavy (non-hydrogen) atoms. The summed E-state index contributed by atoms with van der Waals surface area (Å²) in [5.74, 6) is 2.37. The molecular formula is C30H53N3O4Y-2. The van der Waals surface area contributed by atoms with Gasteiger partial charge in [0.15, 0.2) is 0 Å². The molecular weight excluding hydrogens is 555 g/mol. The third kappa shape index (κ3) is 47.2. The van der Waals surface area contributed by atoms with Crippen LogP contribution < -0.4 is 4.74 Å². The summed E-state index contributed by atoms with van der Waals surface area (Å²) < 4.78 is 6.84. The number of aryl methyl sites for hydroxylation is 2. The summed E-state index contributed by atoms with van der Waals surface area (Å²) in [6.45, 7) is 22.9. The number of hydrogen-bond donors (Lipinski definition) is 2. The van der Waals surface area contributed by atoms with Gasteiger partial charge < -0.3 is 35.3 Å². The molecule has 8 heteroatoms. The molecule has 0 amide bonds. The summed E-state index contributed by atoms with van der Waals surface area (Å²) in [7, 11) is 2.00. The molecule has 2 aromatic carbocycles. The number of ether oxygens (including phenoxy) is 1. The van der Waals surface area contributed by atoms with Crippen LogP contribution in [0.5, 0.6) is 5.75 Å². The third-order valence-corrected chi connectivity index (χ3v) is 2.69. The van der Waals surface area contributed by atoms with Crippen molar-refractivity contribution in [3.05, 3.63) is 91.0 Å². The van der Waals surface area contributed by atoms with Gasteiger partial charge in [0.1, 0.15) is 17.9 Å². The number of aliphatic hydroxyl groups excluding tert-OH is 2. The molecule has 0 fully saturated rings. The normalized spacial score (nSPS) is 7.47. The number of Topliss-reactive ketones (excluding diaryl/α,β-unsaturated/α-hetero) is 1. The van der Waals surface area contributed by atoms with E-state index >= 15 is 0 Å². The van der Waals surface area contributed by atoms with Crippen molar-refractivity contribution in [2.45, 2.75) is 76.2 Å². The Bertz CT molecular complexity index is 761. The zero-order valence-electron chi connectivity index (χ0n) is 26.1. The molecule has 1 radical (unpaired) electrons. The standard InChI is InChI=1S/C10H10N3O.C7H8.C4H9.C3H6O.2C2H6.2CH4O.Y/c1-9-2-4-10(5-3-9)14-8-13-7-11-6-12-13;1-7-5-3-2-4-6-7;1-4(2)3;1-3(2)4;4*1-2;/h2-8H,1H3;2-6H,1H3;1-3H3;1-2H3;2*1-2H3;2*2H,1H3;/q-1;;-1;;;;;;. The average Bonchev–Trinajstić information content (AvgIpc) is 3.43. The van der Waals surface area contributed by atoms with Gasteiger partial charge in [-0.3, -0.25) is 0 Å². The Kier molecular flexibility index (Phi) is 54.2. The summed E-state index contributed by atoms with van der Waals surface area (Å²) >= 11 is 0. The van der Waals surface area contributed by atoms with E-state index in [-0.39, 0.29) is 38.5 Å². The van der Waals surface area contributed by atoms with Crippen LogP contribution in [0.15, 0.2) is 67.3 Å². The number of aliphatic hydroxyl groups is 2. The Morgan fingerprint density at radius 1 is 0.816 bits per heavy atom. The van der Waals surface area contributed by atoms with Crippen molar-refractivity contribution >= 4 is 5.78 Å². The fraction of sp³-hybridized carbons (Fsp3) is 0.433. The largest absolute Gasteiger partial charge is 0.534 e. The minimum absolute atomic E-state index is 0. The molecule has 217 valence electrons. The van der Waals surface area contributed by atoms with Crippen molar-refractivity contribution in [1.82, 2.24) is 14.8 Å². The topological polar surface area (TPSA) is 97.5 Å². The predicted octanol–water partition coefficient (Wildman–Crippen LogP) is 7.11. The molecule has 0 aliphatic rings. The van der Waals surface area contributed by atoms with Crippen LogP contribution in [-0.2, 0) is 37.5 Å². The number of ketones is 1. The van der Waals surface area contributed by atoms with Gasteiger partial charge in [-0.1, -0.05) is 81.3 Å². The average molecular weight is 609 g/mol. The van der Waals surface area contributed by atoms with Gasteiger partial charge >= 0.3 is 0 Å². The molecule has 2 N–H and O–H groups in total. The summed E-state index contributed by atoms with van der Waals surface area (Å²) in [6, 6.07) is 18.1. The van der Waals surface area contributed by atoms with Crippen molar-refractivity contribution < 1.29 is 52.5 Å². The Labute approximate surface area is 258 Å². The van der Waals surface area contributed by atoms with Gasteiger partial charge in [0, 0.05) is 53.7 Å². The van der Waals surface area contributed by atoms with Gasteiger partial charge in [-0.15, -0.1) is 0 Å². The number of nitrogens with zero attached hydrogens (tertiary/aromatic N) is 3. The maximum atomic E-state index is 9.44. The molecule has 0 atom stereocenters. The van der Waals surface area contributed by atoms with Gasteiger partial charge in [0.25, 0.3) is 0 Å². The number of aromatic nitrogens is 3. The Hall–Kier alpha value is -2.06. The van der Waals surface area contributed by atoms with E-state index in [1.165, 1.54) is 48.6 Å². The SMILES string of the molecule is CC.CC.CC(C)=O.CO.CO.C[C-](C)C.Cc1ccc(O[CH-]n2cncn2)cc1.Cc1ccccc1.[Y]. The molecule has 0 spiro atoms. The first-order valence-electron chi connectivity index (χ1n) is 12.3. The van der Waals surface area contributed by atoms with E-state index in [1.54, 1.807) is 6.33 Å². The van der Waals surface area contributed by atoms with Crippen molar-refractivity contribution in [1.29, 1.82) is 0 Å². The number of carbonyl (C=O) groups is 1. The molecule has 3 aromatic rings. The fourth-order valence-corrected chi connectivity index (χ4v) is 1.54. The molecule has 3 rings (SSSR count). The van der Waals surface area contributed by atoms with Gasteiger partial charge in [-0.2, -0.15) is 25.9 Å². The second-order valence-corrected chi connectivity index (χ2v) is 6.97.